The second-order valence-electron chi connectivity index (χ2n) is 28.2. The number of carbonyl (C=O) groups is 3. The molecule has 0 aromatic heterocycles. The van der Waals surface area contributed by atoms with Crippen LogP contribution in [0.2, 0.25) is 0 Å². The van der Waals surface area contributed by atoms with E-state index in [1.807, 2.05) is 0 Å². The van der Waals surface area contributed by atoms with E-state index in [0.29, 0.717) is 19.3 Å². The van der Waals surface area contributed by atoms with Gasteiger partial charge in [0, 0.05) is 19.3 Å². The summed E-state index contributed by atoms with van der Waals surface area (Å²) < 4.78 is 61.3. The molecule has 5 unspecified atom stereocenters. The van der Waals surface area contributed by atoms with Crippen LogP contribution in [0.3, 0.4) is 0 Å². The average molecular weight is 1570 g/mol. The maximum absolute atomic E-state index is 13.0. The number of rotatable bonds is 80. The van der Waals surface area contributed by atoms with Crippen LogP contribution in [-0.2, 0) is 55.8 Å². The van der Waals surface area contributed by atoms with E-state index in [1.165, 1.54) is 103 Å². The minimum absolute atomic E-state index is 0.0885. The van der Waals surface area contributed by atoms with Gasteiger partial charge in [0.05, 0.1) is 26.4 Å². The first-order valence-corrected chi connectivity index (χ1v) is 45.8. The van der Waals surface area contributed by atoms with E-state index in [4.69, 9.17) is 32.3 Å². The van der Waals surface area contributed by atoms with Crippen LogP contribution in [0.15, 0.2) is 158 Å². The first kappa shape index (κ1) is 104. The Balaban J connectivity index is 4.56. The Morgan fingerprint density at radius 2 is 0.486 bits per heavy atom. The van der Waals surface area contributed by atoms with Crippen molar-refractivity contribution in [3.05, 3.63) is 158 Å². The van der Waals surface area contributed by atoms with Gasteiger partial charge in [0.25, 0.3) is 0 Å². The molecule has 5 atom stereocenters. The molecular formula is C91H154O16P2. The fourth-order valence-electron chi connectivity index (χ4n) is 11.3. The molecule has 0 radical (unpaired) electrons. The molecule has 0 aliphatic carbocycles. The Bertz CT molecular complexity index is 2610. The van der Waals surface area contributed by atoms with Crippen molar-refractivity contribution in [1.82, 2.24) is 0 Å². The number of ether oxygens (including phenoxy) is 3. The Morgan fingerprint density at radius 1 is 0.266 bits per heavy atom. The molecule has 0 aromatic rings. The third kappa shape index (κ3) is 83.9. The van der Waals surface area contributed by atoms with Crippen LogP contribution >= 0.6 is 15.6 Å². The summed E-state index contributed by atoms with van der Waals surface area (Å²) in [5, 5.41) is 20.7. The summed E-state index contributed by atoms with van der Waals surface area (Å²) in [4.78, 5) is 58.8. The smallest absolute Gasteiger partial charge is 0.463 e. The van der Waals surface area contributed by atoms with Gasteiger partial charge < -0.3 is 34.2 Å². The molecule has 0 aromatic carbocycles. The topological polar surface area (TPSA) is 231 Å². The van der Waals surface area contributed by atoms with Crippen LogP contribution in [0, 0.1) is 0 Å². The highest BCUT2D eigenvalue weighted by Crippen LogP contribution is 2.45. The first-order valence-electron chi connectivity index (χ1n) is 42.8. The van der Waals surface area contributed by atoms with E-state index in [9.17, 15) is 43.5 Å². The Labute approximate surface area is 663 Å². The molecule has 624 valence electrons. The van der Waals surface area contributed by atoms with Crippen molar-refractivity contribution in [3.63, 3.8) is 0 Å². The van der Waals surface area contributed by atoms with E-state index < -0.39 is 91.5 Å². The number of carbonyl (C=O) groups excluding carboxylic acids is 3. The summed E-state index contributed by atoms with van der Waals surface area (Å²) in [6, 6.07) is 0. The van der Waals surface area contributed by atoms with E-state index >= 15 is 0 Å². The Hall–Kier alpha value is -4.83. The van der Waals surface area contributed by atoms with Crippen LogP contribution in [-0.4, -0.2) is 95.9 Å². The average Bonchev–Trinajstić information content (AvgIpc) is 0.902. The van der Waals surface area contributed by atoms with Crippen molar-refractivity contribution in [1.29, 1.82) is 0 Å². The van der Waals surface area contributed by atoms with E-state index in [2.05, 4.69) is 179 Å². The summed E-state index contributed by atoms with van der Waals surface area (Å²) in [7, 11) is -9.81. The number of hydrogen-bond acceptors (Lipinski definition) is 14. The highest BCUT2D eigenvalue weighted by molar-refractivity contribution is 7.47. The van der Waals surface area contributed by atoms with Gasteiger partial charge in [-0.1, -0.05) is 333 Å². The van der Waals surface area contributed by atoms with E-state index in [0.717, 1.165) is 180 Å². The molecule has 0 aliphatic rings. The quantitative estimate of drug-likeness (QED) is 0.0146. The lowest BCUT2D eigenvalue weighted by Crippen LogP contribution is -2.30. The maximum atomic E-state index is 13.0. The maximum Gasteiger partial charge on any atom is 0.472 e. The number of phosphoric acid groups is 2. The van der Waals surface area contributed by atoms with Gasteiger partial charge in [-0.05, 0) is 148 Å². The molecule has 16 nitrogen and oxygen atoms in total. The summed E-state index contributed by atoms with van der Waals surface area (Å²) in [5.41, 5.74) is 0. The lowest BCUT2D eigenvalue weighted by atomic mass is 10.0. The molecule has 0 rings (SSSR count). The normalized spacial score (nSPS) is 14.7. The molecule has 0 bridgehead atoms. The summed E-state index contributed by atoms with van der Waals surface area (Å²) in [6.45, 7) is 2.43. The monoisotopic (exact) mass is 1570 g/mol. The first-order chi connectivity index (χ1) is 53.2. The minimum atomic E-state index is -4.94. The van der Waals surface area contributed by atoms with Crippen LogP contribution < -0.4 is 0 Å². The third-order valence-electron chi connectivity index (χ3n) is 17.7. The summed E-state index contributed by atoms with van der Waals surface area (Å²) in [6.07, 6.45) is 104. The number of aliphatic hydroxyl groups is 2. The number of unbranched alkanes of at least 4 members (excludes halogenated alkanes) is 31. The number of hydrogen-bond donors (Lipinski definition) is 4. The lowest BCUT2D eigenvalue weighted by molar-refractivity contribution is -0.161. The zero-order valence-corrected chi connectivity index (χ0v) is 70.2. The van der Waals surface area contributed by atoms with Crippen molar-refractivity contribution in [3.8, 4) is 0 Å². The van der Waals surface area contributed by atoms with Crippen LogP contribution in [0.25, 0.3) is 0 Å². The lowest BCUT2D eigenvalue weighted by Gasteiger charge is -2.21. The molecule has 0 saturated carbocycles. The SMILES string of the molecule is CC/C=C\C/C=C\C/C=C\C/C=C\C/C=C\C/C=C\CCCCCCCCCCCCCCC(=O)OCC(O)COP(=O)(O)OCC(O)COP(=O)(O)OCC(COC(=O)CCCCCCCCCCC/C=C\C/C=C\C/C=C\C/C=C\CCCCC)OC(=O)CCCCCCCCC/C=C\C/C=C\C/C=C\CC. The fourth-order valence-corrected chi connectivity index (χ4v) is 12.9. The molecule has 18 heteroatoms. The van der Waals surface area contributed by atoms with Gasteiger partial charge in [-0.15, -0.1) is 0 Å². The molecular weight excluding hydrogens is 1410 g/mol. The van der Waals surface area contributed by atoms with E-state index in [1.54, 1.807) is 0 Å². The van der Waals surface area contributed by atoms with Crippen molar-refractivity contribution >= 4 is 33.6 Å². The standard InChI is InChI=1S/C91H154O16P2/c1-4-7-10-13-16-19-22-25-28-31-33-35-37-39-40-41-42-43-44-46-48-49-51-54-56-59-62-65-68-71-74-77-89(94)101-80-86(92)81-103-108(97,98)104-82-87(93)83-105-109(99,100)106-85-88(107-91(96)79-76-73-70-67-64-61-58-53-30-27-24-21-18-15-12-9-6-3)84-102-90(95)78-75-72-69-66-63-60-57-55-52-50-47-45-38-36-34-32-29-26-23-20-17-14-11-8-5-2/h7,9-10,12,16-21,25-30,33-36,39-40,42-43,45,47,86-88,92-93H,4-6,8,11,13-15,22-24,31-32,37-38,41,44,46,48-85H2,1-3H3,(H,97,98)(H,99,100)/b10-7-,12-9-,19-16-,20-17-,21-18-,28-25-,29-26-,30-27-,35-33-,36-34-,40-39-,43-42-,47-45-. The molecule has 109 heavy (non-hydrogen) atoms. The zero-order valence-electron chi connectivity index (χ0n) is 68.4. The van der Waals surface area contributed by atoms with Gasteiger partial charge in [-0.3, -0.25) is 32.5 Å². The van der Waals surface area contributed by atoms with Crippen LogP contribution in [0.5, 0.6) is 0 Å². The predicted octanol–water partition coefficient (Wildman–Crippen LogP) is 25.8. The van der Waals surface area contributed by atoms with Crippen molar-refractivity contribution in [2.75, 3.05) is 39.6 Å². The van der Waals surface area contributed by atoms with Crippen molar-refractivity contribution in [2.24, 2.45) is 0 Å². The molecule has 0 aliphatic heterocycles. The Morgan fingerprint density at radius 3 is 0.771 bits per heavy atom. The number of phosphoric ester groups is 2. The van der Waals surface area contributed by atoms with Gasteiger partial charge in [0.15, 0.2) is 6.10 Å². The van der Waals surface area contributed by atoms with Crippen LogP contribution in [0.1, 0.15) is 342 Å². The largest absolute Gasteiger partial charge is 0.472 e. The van der Waals surface area contributed by atoms with E-state index in [-0.39, 0.29) is 19.3 Å². The minimum Gasteiger partial charge on any atom is -0.463 e. The molecule has 0 fully saturated rings. The highest BCUT2D eigenvalue weighted by atomic mass is 31.2. The zero-order chi connectivity index (χ0) is 79.4. The van der Waals surface area contributed by atoms with Gasteiger partial charge in [0.1, 0.15) is 25.4 Å². The number of aliphatic hydroxyl groups excluding tert-OH is 2. The predicted molar refractivity (Wildman–Crippen MR) is 454 cm³/mol. The van der Waals surface area contributed by atoms with Gasteiger partial charge in [0.2, 0.25) is 0 Å². The molecule has 0 amide bonds. The molecule has 0 saturated heterocycles. The Kier molecular flexibility index (Phi) is 79.0. The summed E-state index contributed by atoms with van der Waals surface area (Å²) >= 11 is 0. The third-order valence-corrected chi connectivity index (χ3v) is 19.6. The second-order valence-corrected chi connectivity index (χ2v) is 31.1. The van der Waals surface area contributed by atoms with Crippen molar-refractivity contribution in [2.45, 2.75) is 360 Å². The summed E-state index contributed by atoms with van der Waals surface area (Å²) in [5.74, 6) is -1.59. The molecule has 0 spiro atoms. The molecule has 0 heterocycles. The second kappa shape index (κ2) is 82.6. The van der Waals surface area contributed by atoms with Gasteiger partial charge in [-0.2, -0.15) is 0 Å². The molecule has 4 N–H and O–H groups in total. The van der Waals surface area contributed by atoms with Gasteiger partial charge >= 0.3 is 33.6 Å². The van der Waals surface area contributed by atoms with Crippen molar-refractivity contribution < 1.29 is 75.8 Å². The highest BCUT2D eigenvalue weighted by Gasteiger charge is 2.29. The van der Waals surface area contributed by atoms with Crippen LogP contribution in [0.4, 0.5) is 0 Å². The van der Waals surface area contributed by atoms with Gasteiger partial charge in [-0.25, -0.2) is 9.13 Å². The number of esters is 3. The number of allylic oxidation sites excluding steroid dienone is 26. The fraction of sp³-hybridized carbons (Fsp3) is 0.681.